The van der Waals surface area contributed by atoms with Gasteiger partial charge in [-0.1, -0.05) is 24.3 Å². The Morgan fingerprint density at radius 3 is 2.19 bits per heavy atom. The molecule has 1 amide bonds. The molecular weight excluding hydrogens is 373 g/mol. The Hall–Kier alpha value is -2.33. The SMILES string of the molecule is CN1CCN(S(=O)(=O)c2ccc(-c3ccc(F)cc3)cc2)[C@@H](C(=O)NO)C1. The van der Waals surface area contributed by atoms with Crippen molar-refractivity contribution in [2.45, 2.75) is 10.9 Å². The molecule has 2 N–H and O–H groups in total. The quantitative estimate of drug-likeness (QED) is 0.604. The van der Waals surface area contributed by atoms with Crippen LogP contribution < -0.4 is 5.48 Å². The minimum atomic E-state index is -3.92. The number of amides is 1. The molecule has 0 bridgehead atoms. The van der Waals surface area contributed by atoms with E-state index in [9.17, 15) is 17.6 Å². The van der Waals surface area contributed by atoms with E-state index in [2.05, 4.69) is 0 Å². The molecule has 1 atom stereocenters. The summed E-state index contributed by atoms with van der Waals surface area (Å²) in [5.74, 6) is -1.12. The Labute approximate surface area is 157 Å². The lowest BCUT2D eigenvalue weighted by Gasteiger charge is -2.37. The molecule has 7 nitrogen and oxygen atoms in total. The van der Waals surface area contributed by atoms with Gasteiger partial charge >= 0.3 is 0 Å². The number of hydroxylamine groups is 1. The van der Waals surface area contributed by atoms with E-state index in [-0.39, 0.29) is 23.8 Å². The predicted molar refractivity (Wildman–Crippen MR) is 96.9 cm³/mol. The van der Waals surface area contributed by atoms with E-state index in [1.54, 1.807) is 36.8 Å². The summed E-state index contributed by atoms with van der Waals surface area (Å²) < 4.78 is 40.2. The molecule has 1 aliphatic rings. The third-order valence-corrected chi connectivity index (χ3v) is 6.51. The molecule has 144 valence electrons. The first kappa shape index (κ1) is 19.4. The Morgan fingerprint density at radius 2 is 1.63 bits per heavy atom. The average Bonchev–Trinajstić information content (AvgIpc) is 2.67. The first-order chi connectivity index (χ1) is 12.8. The van der Waals surface area contributed by atoms with E-state index in [1.165, 1.54) is 24.3 Å². The monoisotopic (exact) mass is 393 g/mol. The number of carbonyl (C=O) groups is 1. The Kier molecular flexibility index (Phi) is 5.56. The van der Waals surface area contributed by atoms with E-state index in [0.717, 1.165) is 15.4 Å². The van der Waals surface area contributed by atoms with Gasteiger partial charge in [0.1, 0.15) is 11.9 Å². The molecule has 0 radical (unpaired) electrons. The third-order valence-electron chi connectivity index (χ3n) is 4.59. The second-order valence-corrected chi connectivity index (χ2v) is 8.29. The van der Waals surface area contributed by atoms with E-state index in [0.29, 0.717) is 6.54 Å². The van der Waals surface area contributed by atoms with E-state index in [1.807, 2.05) is 4.90 Å². The van der Waals surface area contributed by atoms with Crippen LogP contribution in [0.4, 0.5) is 4.39 Å². The van der Waals surface area contributed by atoms with Crippen LogP contribution in [0.3, 0.4) is 0 Å². The number of rotatable bonds is 4. The minimum absolute atomic E-state index is 0.0497. The minimum Gasteiger partial charge on any atom is -0.303 e. The van der Waals surface area contributed by atoms with Crippen LogP contribution in [-0.2, 0) is 14.8 Å². The predicted octanol–water partition coefficient (Wildman–Crippen LogP) is 1.30. The Morgan fingerprint density at radius 1 is 1.07 bits per heavy atom. The molecule has 0 aliphatic carbocycles. The van der Waals surface area contributed by atoms with Gasteiger partial charge in [0.15, 0.2) is 0 Å². The summed E-state index contributed by atoms with van der Waals surface area (Å²) >= 11 is 0. The number of piperazine rings is 1. The highest BCUT2D eigenvalue weighted by atomic mass is 32.2. The number of nitrogens with zero attached hydrogens (tertiary/aromatic N) is 2. The molecule has 2 aromatic carbocycles. The first-order valence-electron chi connectivity index (χ1n) is 8.33. The zero-order valence-electron chi connectivity index (χ0n) is 14.7. The van der Waals surface area contributed by atoms with Gasteiger partial charge in [-0.2, -0.15) is 4.31 Å². The number of hydrogen-bond acceptors (Lipinski definition) is 5. The van der Waals surface area contributed by atoms with Crippen LogP contribution in [0.2, 0.25) is 0 Å². The Bertz CT molecular complexity index is 917. The number of sulfonamides is 1. The number of likely N-dealkylation sites (N-methyl/N-ethyl adjacent to an activating group) is 1. The maximum absolute atomic E-state index is 13.0. The number of benzene rings is 2. The second kappa shape index (κ2) is 7.73. The highest BCUT2D eigenvalue weighted by Crippen LogP contribution is 2.25. The van der Waals surface area contributed by atoms with Crippen LogP contribution in [0.1, 0.15) is 0 Å². The second-order valence-electron chi connectivity index (χ2n) is 6.40. The zero-order chi connectivity index (χ0) is 19.6. The lowest BCUT2D eigenvalue weighted by molar-refractivity contribution is -0.134. The van der Waals surface area contributed by atoms with Crippen molar-refractivity contribution < 1.29 is 22.8 Å². The van der Waals surface area contributed by atoms with Crippen molar-refractivity contribution in [2.75, 3.05) is 26.7 Å². The molecule has 1 heterocycles. The lowest BCUT2D eigenvalue weighted by atomic mass is 10.1. The summed E-state index contributed by atoms with van der Waals surface area (Å²) in [6.45, 7) is 0.790. The maximum Gasteiger partial charge on any atom is 0.263 e. The zero-order valence-corrected chi connectivity index (χ0v) is 15.5. The number of halogens is 1. The fraction of sp³-hybridized carbons (Fsp3) is 0.278. The van der Waals surface area contributed by atoms with Gasteiger partial charge in [0.05, 0.1) is 4.90 Å². The van der Waals surface area contributed by atoms with Crippen molar-refractivity contribution >= 4 is 15.9 Å². The summed E-state index contributed by atoms with van der Waals surface area (Å²) in [6.07, 6.45) is 0. The smallest absolute Gasteiger partial charge is 0.263 e. The fourth-order valence-corrected chi connectivity index (χ4v) is 4.65. The molecule has 0 saturated carbocycles. The molecule has 1 aliphatic heterocycles. The summed E-state index contributed by atoms with van der Waals surface area (Å²) in [6, 6.07) is 11.1. The van der Waals surface area contributed by atoms with Crippen molar-refractivity contribution in [1.82, 2.24) is 14.7 Å². The highest BCUT2D eigenvalue weighted by Gasteiger charge is 2.39. The largest absolute Gasteiger partial charge is 0.303 e. The molecule has 27 heavy (non-hydrogen) atoms. The van der Waals surface area contributed by atoms with Gasteiger partial charge in [0, 0.05) is 19.6 Å². The molecule has 0 spiro atoms. The van der Waals surface area contributed by atoms with Gasteiger partial charge in [-0.3, -0.25) is 10.0 Å². The van der Waals surface area contributed by atoms with Crippen LogP contribution in [0.15, 0.2) is 53.4 Å². The van der Waals surface area contributed by atoms with Crippen molar-refractivity contribution in [3.05, 3.63) is 54.3 Å². The van der Waals surface area contributed by atoms with E-state index in [4.69, 9.17) is 5.21 Å². The lowest BCUT2D eigenvalue weighted by Crippen LogP contribution is -2.59. The third kappa shape index (κ3) is 4.01. The van der Waals surface area contributed by atoms with Gasteiger partial charge in [-0.25, -0.2) is 18.3 Å². The molecule has 3 rings (SSSR count). The van der Waals surface area contributed by atoms with Crippen molar-refractivity contribution in [3.63, 3.8) is 0 Å². The van der Waals surface area contributed by atoms with Gasteiger partial charge in [-0.05, 0) is 42.4 Å². The van der Waals surface area contributed by atoms with Crippen molar-refractivity contribution in [2.24, 2.45) is 0 Å². The van der Waals surface area contributed by atoms with Crippen LogP contribution in [0.5, 0.6) is 0 Å². The van der Waals surface area contributed by atoms with Crippen LogP contribution in [0.25, 0.3) is 11.1 Å². The maximum atomic E-state index is 13.0. The van der Waals surface area contributed by atoms with Crippen LogP contribution >= 0.6 is 0 Å². The summed E-state index contributed by atoms with van der Waals surface area (Å²) in [5, 5.41) is 8.94. The van der Waals surface area contributed by atoms with E-state index < -0.39 is 22.0 Å². The molecular formula is C18H20FN3O4S. The number of carbonyl (C=O) groups excluding carboxylic acids is 1. The highest BCUT2D eigenvalue weighted by molar-refractivity contribution is 7.89. The standard InChI is InChI=1S/C18H20FN3O4S/c1-21-10-11-22(17(12-21)18(23)20-24)27(25,26)16-8-4-14(5-9-16)13-2-6-15(19)7-3-13/h2-9,17,24H,10-12H2,1H3,(H,20,23)/t17-/m1/s1. The molecule has 1 fully saturated rings. The molecule has 2 aromatic rings. The van der Waals surface area contributed by atoms with Gasteiger partial charge in [-0.15, -0.1) is 0 Å². The molecule has 0 aromatic heterocycles. The normalized spacial score (nSPS) is 19.0. The van der Waals surface area contributed by atoms with Crippen molar-refractivity contribution in [3.8, 4) is 11.1 Å². The van der Waals surface area contributed by atoms with Crippen molar-refractivity contribution in [1.29, 1.82) is 0 Å². The summed E-state index contributed by atoms with van der Waals surface area (Å²) in [7, 11) is -2.14. The first-order valence-corrected chi connectivity index (χ1v) is 9.77. The summed E-state index contributed by atoms with van der Waals surface area (Å²) in [4.78, 5) is 13.8. The number of nitrogens with one attached hydrogen (secondary N) is 1. The summed E-state index contributed by atoms with van der Waals surface area (Å²) in [5.41, 5.74) is 3.05. The molecule has 1 saturated heterocycles. The van der Waals surface area contributed by atoms with E-state index >= 15 is 0 Å². The average molecular weight is 393 g/mol. The molecule has 0 unspecified atom stereocenters. The Balaban J connectivity index is 1.89. The van der Waals surface area contributed by atoms with Crippen LogP contribution in [-0.4, -0.2) is 61.5 Å². The van der Waals surface area contributed by atoms with Gasteiger partial charge in [0.25, 0.3) is 5.91 Å². The van der Waals surface area contributed by atoms with Gasteiger partial charge < -0.3 is 4.90 Å². The molecule has 9 heteroatoms. The topological polar surface area (TPSA) is 90.0 Å². The van der Waals surface area contributed by atoms with Crippen LogP contribution in [0, 0.1) is 5.82 Å². The van der Waals surface area contributed by atoms with Gasteiger partial charge in [0.2, 0.25) is 10.0 Å². The number of hydrogen-bond donors (Lipinski definition) is 2. The fourth-order valence-electron chi connectivity index (χ4n) is 3.08.